The van der Waals surface area contributed by atoms with Crippen LogP contribution in [0.15, 0.2) is 59.3 Å². The van der Waals surface area contributed by atoms with E-state index < -0.39 is 0 Å². The van der Waals surface area contributed by atoms with Gasteiger partial charge in [0, 0.05) is 29.9 Å². The molecule has 0 saturated heterocycles. The van der Waals surface area contributed by atoms with Crippen molar-refractivity contribution < 1.29 is 4.42 Å². The Morgan fingerprint density at radius 1 is 0.963 bits per heavy atom. The molecule has 0 amide bonds. The van der Waals surface area contributed by atoms with Crippen LogP contribution in [-0.2, 0) is 6.42 Å². The first-order valence-electron chi connectivity index (χ1n) is 8.48. The molecule has 6 nitrogen and oxygen atoms in total. The van der Waals surface area contributed by atoms with Gasteiger partial charge in [0.2, 0.25) is 0 Å². The van der Waals surface area contributed by atoms with E-state index in [0.29, 0.717) is 11.4 Å². The van der Waals surface area contributed by atoms with Gasteiger partial charge in [0.15, 0.2) is 11.4 Å². The van der Waals surface area contributed by atoms with Crippen LogP contribution in [0.2, 0.25) is 0 Å². The summed E-state index contributed by atoms with van der Waals surface area (Å²) in [6.07, 6.45) is 4.11. The van der Waals surface area contributed by atoms with E-state index in [1.807, 2.05) is 49.4 Å². The van der Waals surface area contributed by atoms with Gasteiger partial charge >= 0.3 is 0 Å². The van der Waals surface area contributed by atoms with Gasteiger partial charge in [-0.2, -0.15) is 0 Å². The minimum absolute atomic E-state index is 0. The van der Waals surface area contributed by atoms with Gasteiger partial charge in [-0.15, -0.1) is 12.4 Å². The van der Waals surface area contributed by atoms with Crippen molar-refractivity contribution in [2.24, 2.45) is 0 Å². The Bertz CT molecular complexity index is 1270. The smallest absolute Gasteiger partial charge is 0.196 e. The number of nitrogens with zero attached hydrogens (tertiary/aromatic N) is 4. The molecular weight excluding hydrogens is 362 g/mol. The Morgan fingerprint density at radius 3 is 2.63 bits per heavy atom. The molecule has 5 rings (SSSR count). The van der Waals surface area contributed by atoms with Crippen molar-refractivity contribution in [3.63, 3.8) is 0 Å². The van der Waals surface area contributed by atoms with E-state index in [2.05, 4.69) is 25.3 Å². The molecule has 0 aliphatic carbocycles. The Morgan fingerprint density at radius 2 is 1.78 bits per heavy atom. The molecule has 3 aromatic heterocycles. The van der Waals surface area contributed by atoms with Gasteiger partial charge in [0.25, 0.3) is 0 Å². The van der Waals surface area contributed by atoms with Crippen molar-refractivity contribution in [3.05, 3.63) is 60.7 Å². The van der Waals surface area contributed by atoms with E-state index in [4.69, 9.17) is 4.42 Å². The Kier molecular flexibility index (Phi) is 4.33. The highest BCUT2D eigenvalue weighted by Crippen LogP contribution is 2.32. The molecule has 0 aliphatic heterocycles. The van der Waals surface area contributed by atoms with Gasteiger partial charge in [0.05, 0.1) is 11.0 Å². The lowest BCUT2D eigenvalue weighted by atomic mass is 10.2. The molecule has 2 aromatic carbocycles. The summed E-state index contributed by atoms with van der Waals surface area (Å²) in [6, 6.07) is 13.7. The number of furan rings is 1. The number of nitrogens with one attached hydrogen (secondary N) is 1. The lowest BCUT2D eigenvalue weighted by Gasteiger charge is -2.08. The number of aromatic nitrogens is 4. The van der Waals surface area contributed by atoms with E-state index in [9.17, 15) is 0 Å². The molecule has 0 saturated carbocycles. The lowest BCUT2D eigenvalue weighted by Crippen LogP contribution is -2.00. The van der Waals surface area contributed by atoms with Gasteiger partial charge in [-0.1, -0.05) is 19.1 Å². The number of fused-ring (bicyclic) bond motifs is 4. The van der Waals surface area contributed by atoms with Crippen LogP contribution in [0.1, 0.15) is 12.7 Å². The molecule has 134 valence electrons. The number of benzene rings is 2. The zero-order valence-electron chi connectivity index (χ0n) is 14.5. The first kappa shape index (κ1) is 17.2. The summed E-state index contributed by atoms with van der Waals surface area (Å²) in [7, 11) is 0. The highest BCUT2D eigenvalue weighted by atomic mass is 35.5. The fourth-order valence-corrected chi connectivity index (χ4v) is 3.06. The maximum Gasteiger partial charge on any atom is 0.196 e. The van der Waals surface area contributed by atoms with Gasteiger partial charge in [-0.25, -0.2) is 9.97 Å². The van der Waals surface area contributed by atoms with E-state index in [-0.39, 0.29) is 12.4 Å². The molecule has 0 bridgehead atoms. The number of hydrogen-bond donors (Lipinski definition) is 1. The van der Waals surface area contributed by atoms with Crippen LogP contribution >= 0.6 is 12.4 Å². The minimum Gasteiger partial charge on any atom is -0.450 e. The molecule has 0 atom stereocenters. The second kappa shape index (κ2) is 6.81. The van der Waals surface area contributed by atoms with Crippen molar-refractivity contribution in [3.8, 4) is 0 Å². The van der Waals surface area contributed by atoms with Crippen LogP contribution < -0.4 is 5.32 Å². The maximum absolute atomic E-state index is 6.03. The fraction of sp³-hybridized carbons (Fsp3) is 0.100. The first-order valence-corrected chi connectivity index (χ1v) is 8.48. The van der Waals surface area contributed by atoms with Crippen molar-refractivity contribution in [2.75, 3.05) is 5.32 Å². The molecule has 0 radical (unpaired) electrons. The molecule has 0 spiro atoms. The molecule has 27 heavy (non-hydrogen) atoms. The number of hydrogen-bond acceptors (Lipinski definition) is 6. The third-order valence-corrected chi connectivity index (χ3v) is 4.31. The summed E-state index contributed by atoms with van der Waals surface area (Å²) in [4.78, 5) is 18.0. The molecule has 3 heterocycles. The fourth-order valence-electron chi connectivity index (χ4n) is 3.06. The number of aryl methyl sites for hydroxylation is 1. The average Bonchev–Trinajstić information content (AvgIpc) is 3.07. The second-order valence-electron chi connectivity index (χ2n) is 6.00. The molecule has 7 heteroatoms. The molecular formula is C20H16ClN5O. The normalized spacial score (nSPS) is 11.0. The number of anilines is 2. The Hall–Kier alpha value is -3.25. The largest absolute Gasteiger partial charge is 0.450 e. The number of halogens is 1. The monoisotopic (exact) mass is 377 g/mol. The van der Waals surface area contributed by atoms with Crippen LogP contribution in [0.3, 0.4) is 0 Å². The predicted octanol–water partition coefficient (Wildman–Crippen LogP) is 5.05. The summed E-state index contributed by atoms with van der Waals surface area (Å²) in [5.74, 6) is 1.43. The summed E-state index contributed by atoms with van der Waals surface area (Å²) in [6.45, 7) is 2.04. The van der Waals surface area contributed by atoms with Crippen LogP contribution in [-0.4, -0.2) is 19.9 Å². The standard InChI is InChI=1S/C20H15N5O.ClH/c1-2-17-24-18-13-5-3-4-6-16(13)26-19(18)20(25-17)23-12-7-8-14-15(11-12)22-10-9-21-14;/h3-11H,2H2,1H3,(H,23,24,25);1H. The Balaban J connectivity index is 0.00000180. The van der Waals surface area contributed by atoms with Crippen molar-refractivity contribution in [1.29, 1.82) is 0 Å². The third-order valence-electron chi connectivity index (χ3n) is 4.31. The van der Waals surface area contributed by atoms with Crippen molar-refractivity contribution >= 4 is 57.0 Å². The Labute approximate surface area is 161 Å². The minimum atomic E-state index is 0. The van der Waals surface area contributed by atoms with Crippen LogP contribution in [0, 0.1) is 0 Å². The maximum atomic E-state index is 6.03. The SMILES string of the molecule is CCc1nc(Nc2ccc3nccnc3c2)c2oc3ccccc3c2n1.Cl. The number of para-hydroxylation sites is 1. The van der Waals surface area contributed by atoms with Crippen LogP contribution in [0.5, 0.6) is 0 Å². The molecule has 1 N–H and O–H groups in total. The summed E-state index contributed by atoms with van der Waals surface area (Å²) < 4.78 is 6.03. The third kappa shape index (κ3) is 2.94. The van der Waals surface area contributed by atoms with E-state index in [1.165, 1.54) is 0 Å². The average molecular weight is 378 g/mol. The molecule has 0 aliphatic rings. The van der Waals surface area contributed by atoms with Crippen molar-refractivity contribution in [1.82, 2.24) is 19.9 Å². The number of rotatable bonds is 3. The van der Waals surface area contributed by atoms with E-state index >= 15 is 0 Å². The topological polar surface area (TPSA) is 76.7 Å². The summed E-state index contributed by atoms with van der Waals surface area (Å²) in [5, 5.41) is 4.35. The highest BCUT2D eigenvalue weighted by Gasteiger charge is 2.15. The first-order chi connectivity index (χ1) is 12.8. The lowest BCUT2D eigenvalue weighted by molar-refractivity contribution is 0.666. The molecule has 0 fully saturated rings. The van der Waals surface area contributed by atoms with Gasteiger partial charge in [0.1, 0.15) is 16.9 Å². The zero-order valence-corrected chi connectivity index (χ0v) is 15.3. The van der Waals surface area contributed by atoms with Crippen LogP contribution in [0.4, 0.5) is 11.5 Å². The second-order valence-corrected chi connectivity index (χ2v) is 6.00. The summed E-state index contributed by atoms with van der Waals surface area (Å²) >= 11 is 0. The predicted molar refractivity (Wildman–Crippen MR) is 109 cm³/mol. The van der Waals surface area contributed by atoms with Gasteiger partial charge in [-0.05, 0) is 30.3 Å². The van der Waals surface area contributed by atoms with E-state index in [1.54, 1.807) is 12.4 Å². The highest BCUT2D eigenvalue weighted by molar-refractivity contribution is 6.06. The van der Waals surface area contributed by atoms with E-state index in [0.717, 1.165) is 45.5 Å². The van der Waals surface area contributed by atoms with Gasteiger partial charge in [-0.3, -0.25) is 9.97 Å². The zero-order chi connectivity index (χ0) is 17.5. The molecule has 0 unspecified atom stereocenters. The van der Waals surface area contributed by atoms with Crippen LogP contribution in [0.25, 0.3) is 33.1 Å². The van der Waals surface area contributed by atoms with Crippen molar-refractivity contribution in [2.45, 2.75) is 13.3 Å². The summed E-state index contributed by atoms with van der Waals surface area (Å²) in [5.41, 5.74) is 4.84. The quantitative estimate of drug-likeness (QED) is 0.474. The molecule has 5 aromatic rings. The van der Waals surface area contributed by atoms with Gasteiger partial charge < -0.3 is 9.73 Å².